The summed E-state index contributed by atoms with van der Waals surface area (Å²) in [5.74, 6) is 1.81. The molecule has 2 aromatic rings. The molecule has 0 atom stereocenters. The minimum absolute atomic E-state index is 0.488. The third-order valence-corrected chi connectivity index (χ3v) is 3.58. The molecule has 0 aliphatic rings. The van der Waals surface area contributed by atoms with Gasteiger partial charge in [0.05, 0.1) is 0 Å². The van der Waals surface area contributed by atoms with Crippen LogP contribution < -0.4 is 11.1 Å². The van der Waals surface area contributed by atoms with Crippen molar-refractivity contribution in [3.05, 3.63) is 41.5 Å². The van der Waals surface area contributed by atoms with Crippen LogP contribution in [0.5, 0.6) is 0 Å². The van der Waals surface area contributed by atoms with E-state index in [0.29, 0.717) is 16.9 Å². The zero-order valence-electron chi connectivity index (χ0n) is 12.1. The van der Waals surface area contributed by atoms with Crippen LogP contribution in [0.2, 0.25) is 0 Å². The maximum atomic E-state index is 5.75. The van der Waals surface area contributed by atoms with Crippen LogP contribution in [-0.4, -0.2) is 16.2 Å². The molecule has 106 valence electrons. The molecule has 4 nitrogen and oxygen atoms in total. The molecule has 0 bridgehead atoms. The molecule has 1 heterocycles. The van der Waals surface area contributed by atoms with E-state index in [1.165, 1.54) is 22.9 Å². The summed E-state index contributed by atoms with van der Waals surface area (Å²) in [6.07, 6.45) is 1.93. The first-order valence-electron chi connectivity index (χ1n) is 6.59. The van der Waals surface area contributed by atoms with Gasteiger partial charge in [0.15, 0.2) is 5.16 Å². The first-order valence-corrected chi connectivity index (χ1v) is 7.82. The van der Waals surface area contributed by atoms with Gasteiger partial charge in [0.1, 0.15) is 11.6 Å². The van der Waals surface area contributed by atoms with Gasteiger partial charge in [-0.3, -0.25) is 0 Å². The van der Waals surface area contributed by atoms with Crippen LogP contribution in [0.15, 0.2) is 35.5 Å². The van der Waals surface area contributed by atoms with E-state index in [2.05, 4.69) is 53.4 Å². The van der Waals surface area contributed by atoms with Crippen LogP contribution in [-0.2, 0) is 6.54 Å². The highest BCUT2D eigenvalue weighted by atomic mass is 32.2. The lowest BCUT2D eigenvalue weighted by Crippen LogP contribution is -2.04. The first-order chi connectivity index (χ1) is 9.58. The van der Waals surface area contributed by atoms with E-state index in [1.807, 2.05) is 6.26 Å². The van der Waals surface area contributed by atoms with Crippen molar-refractivity contribution in [2.45, 2.75) is 31.5 Å². The summed E-state index contributed by atoms with van der Waals surface area (Å²) < 4.78 is 0. The van der Waals surface area contributed by atoms with Crippen molar-refractivity contribution in [2.24, 2.45) is 0 Å². The number of nitrogens with two attached hydrogens (primary N) is 1. The fourth-order valence-electron chi connectivity index (χ4n) is 1.84. The summed E-state index contributed by atoms with van der Waals surface area (Å²) in [4.78, 5) is 8.50. The second kappa shape index (κ2) is 6.61. The highest BCUT2D eigenvalue weighted by molar-refractivity contribution is 7.98. The van der Waals surface area contributed by atoms with Gasteiger partial charge in [-0.05, 0) is 23.3 Å². The Morgan fingerprint density at radius 3 is 2.50 bits per heavy atom. The second-order valence-corrected chi connectivity index (χ2v) is 5.69. The zero-order valence-corrected chi connectivity index (χ0v) is 12.9. The van der Waals surface area contributed by atoms with Crippen molar-refractivity contribution in [3.63, 3.8) is 0 Å². The van der Waals surface area contributed by atoms with Gasteiger partial charge in [-0.1, -0.05) is 49.9 Å². The van der Waals surface area contributed by atoms with Crippen molar-refractivity contribution < 1.29 is 0 Å². The van der Waals surface area contributed by atoms with Crippen LogP contribution in [0.4, 0.5) is 11.6 Å². The zero-order chi connectivity index (χ0) is 14.5. The third kappa shape index (κ3) is 3.87. The average molecular weight is 288 g/mol. The molecule has 0 saturated heterocycles. The largest absolute Gasteiger partial charge is 0.383 e. The van der Waals surface area contributed by atoms with Crippen LogP contribution in [0, 0.1) is 0 Å². The van der Waals surface area contributed by atoms with E-state index in [0.717, 1.165) is 12.4 Å². The van der Waals surface area contributed by atoms with Crippen LogP contribution in [0.25, 0.3) is 0 Å². The number of aromatic nitrogens is 2. The predicted molar refractivity (Wildman–Crippen MR) is 86.1 cm³/mol. The number of hydrogen-bond acceptors (Lipinski definition) is 5. The maximum absolute atomic E-state index is 5.75. The lowest BCUT2D eigenvalue weighted by atomic mass is 10.0. The Morgan fingerprint density at radius 2 is 1.90 bits per heavy atom. The van der Waals surface area contributed by atoms with E-state index in [1.54, 1.807) is 6.07 Å². The van der Waals surface area contributed by atoms with Gasteiger partial charge in [-0.2, -0.15) is 0 Å². The summed E-state index contributed by atoms with van der Waals surface area (Å²) in [5, 5.41) is 3.96. The number of nitrogens with zero attached hydrogens (tertiary/aromatic N) is 2. The number of hydrogen-bond donors (Lipinski definition) is 2. The average Bonchev–Trinajstić information content (AvgIpc) is 2.45. The highest BCUT2D eigenvalue weighted by Crippen LogP contribution is 2.17. The smallest absolute Gasteiger partial charge is 0.191 e. The molecule has 0 amide bonds. The molecular formula is C15H20N4S. The first kappa shape index (κ1) is 14.7. The van der Waals surface area contributed by atoms with Gasteiger partial charge in [-0.15, -0.1) is 0 Å². The SMILES string of the molecule is CSc1nc(N)cc(NCc2ccc(C(C)C)cc2)n1. The van der Waals surface area contributed by atoms with E-state index in [-0.39, 0.29) is 0 Å². The molecule has 0 unspecified atom stereocenters. The molecule has 1 aromatic carbocycles. The molecule has 0 spiro atoms. The normalized spacial score (nSPS) is 10.8. The third-order valence-electron chi connectivity index (χ3n) is 3.03. The van der Waals surface area contributed by atoms with Crippen molar-refractivity contribution >= 4 is 23.4 Å². The van der Waals surface area contributed by atoms with Crippen molar-refractivity contribution in [3.8, 4) is 0 Å². The number of thioether (sulfide) groups is 1. The Bertz CT molecular complexity index is 567. The summed E-state index contributed by atoms with van der Waals surface area (Å²) in [5.41, 5.74) is 8.32. The van der Waals surface area contributed by atoms with Crippen LogP contribution in [0.3, 0.4) is 0 Å². The Kier molecular flexibility index (Phi) is 4.84. The number of benzene rings is 1. The molecule has 0 fully saturated rings. The van der Waals surface area contributed by atoms with Gasteiger partial charge in [-0.25, -0.2) is 9.97 Å². The molecule has 2 rings (SSSR count). The molecule has 0 aliphatic carbocycles. The monoisotopic (exact) mass is 288 g/mol. The van der Waals surface area contributed by atoms with Crippen LogP contribution in [0.1, 0.15) is 30.9 Å². The van der Waals surface area contributed by atoms with Crippen molar-refractivity contribution in [1.82, 2.24) is 9.97 Å². The molecule has 0 radical (unpaired) electrons. The summed E-state index contributed by atoms with van der Waals surface area (Å²) in [6.45, 7) is 5.12. The number of nitrogen functional groups attached to an aromatic ring is 1. The van der Waals surface area contributed by atoms with Gasteiger partial charge >= 0.3 is 0 Å². The van der Waals surface area contributed by atoms with Gasteiger partial charge in [0.25, 0.3) is 0 Å². The highest BCUT2D eigenvalue weighted by Gasteiger charge is 2.02. The number of rotatable bonds is 5. The van der Waals surface area contributed by atoms with E-state index >= 15 is 0 Å². The second-order valence-electron chi connectivity index (χ2n) is 4.91. The fraction of sp³-hybridized carbons (Fsp3) is 0.333. The number of anilines is 2. The van der Waals surface area contributed by atoms with E-state index in [9.17, 15) is 0 Å². The molecule has 3 N–H and O–H groups in total. The number of nitrogens with one attached hydrogen (secondary N) is 1. The Balaban J connectivity index is 2.03. The minimum Gasteiger partial charge on any atom is -0.383 e. The molecule has 1 aromatic heterocycles. The van der Waals surface area contributed by atoms with Gasteiger partial charge in [0, 0.05) is 12.6 Å². The van der Waals surface area contributed by atoms with Crippen LogP contribution >= 0.6 is 11.8 Å². The summed E-state index contributed by atoms with van der Waals surface area (Å²) in [6, 6.07) is 10.4. The topological polar surface area (TPSA) is 63.8 Å². The summed E-state index contributed by atoms with van der Waals surface area (Å²) >= 11 is 1.48. The Morgan fingerprint density at radius 1 is 1.20 bits per heavy atom. The lowest BCUT2D eigenvalue weighted by Gasteiger charge is -2.09. The minimum atomic E-state index is 0.488. The quantitative estimate of drug-likeness (QED) is 0.651. The standard InChI is InChI=1S/C15H20N4S/c1-10(2)12-6-4-11(5-7-12)9-17-14-8-13(16)18-15(19-14)20-3/h4-8,10H,9H2,1-3H3,(H3,16,17,18,19). The fourth-order valence-corrected chi connectivity index (χ4v) is 2.22. The Labute approximate surface area is 124 Å². The molecule has 5 heteroatoms. The Hall–Kier alpha value is -1.75. The summed E-state index contributed by atoms with van der Waals surface area (Å²) in [7, 11) is 0. The van der Waals surface area contributed by atoms with Gasteiger partial charge in [0.2, 0.25) is 0 Å². The van der Waals surface area contributed by atoms with Crippen molar-refractivity contribution in [2.75, 3.05) is 17.3 Å². The molecule has 20 heavy (non-hydrogen) atoms. The van der Waals surface area contributed by atoms with E-state index in [4.69, 9.17) is 5.73 Å². The predicted octanol–water partition coefficient (Wildman–Crippen LogP) is 3.52. The maximum Gasteiger partial charge on any atom is 0.191 e. The lowest BCUT2D eigenvalue weighted by molar-refractivity contribution is 0.865. The van der Waals surface area contributed by atoms with E-state index < -0.39 is 0 Å². The molecular weight excluding hydrogens is 268 g/mol. The molecule has 0 saturated carbocycles. The van der Waals surface area contributed by atoms with Gasteiger partial charge < -0.3 is 11.1 Å². The molecule has 0 aliphatic heterocycles. The van der Waals surface area contributed by atoms with Crippen molar-refractivity contribution in [1.29, 1.82) is 0 Å².